The largest absolute Gasteiger partial charge is 0.455 e. The summed E-state index contributed by atoms with van der Waals surface area (Å²) in [5, 5.41) is 13.7. The minimum atomic E-state index is -2.19. The molecule has 2 unspecified atom stereocenters. The molecule has 0 spiro atoms. The van der Waals surface area contributed by atoms with E-state index in [1.54, 1.807) is 24.3 Å². The first kappa shape index (κ1) is 35.7. The second-order valence-corrected chi connectivity index (χ2v) is 21.0. The van der Waals surface area contributed by atoms with Gasteiger partial charge in [-0.15, -0.1) is 0 Å². The average Bonchev–Trinajstić information content (AvgIpc) is 3.35. The van der Waals surface area contributed by atoms with Crippen LogP contribution in [0.5, 0.6) is 0 Å². The van der Waals surface area contributed by atoms with Crippen molar-refractivity contribution < 1.29 is 42.8 Å². The van der Waals surface area contributed by atoms with Gasteiger partial charge in [-0.25, -0.2) is 4.79 Å². The van der Waals surface area contributed by atoms with Crippen molar-refractivity contribution in [1.29, 1.82) is 0 Å². The molecule has 1 N–H and O–H groups in total. The summed E-state index contributed by atoms with van der Waals surface area (Å²) in [6, 6.07) is 11.7. The lowest BCUT2D eigenvalue weighted by Gasteiger charge is -2.68. The minimum Gasteiger partial charge on any atom is -0.455 e. The second-order valence-electron chi connectivity index (χ2n) is 16.2. The Balaban J connectivity index is 1.64. The van der Waals surface area contributed by atoms with Crippen LogP contribution in [0.2, 0.25) is 18.1 Å². The standard InChI is InChI=1S/C38H56O9Si/c1-11-48(12-2,13-3)47-26-21-38(41)32(43-33(40)25-17-15-14-16-18-25)30-36(10,20-19-27-37(30,22-42-27)44-24(5)39)31-29(45-35(8,9)46-31)28(23(26)4)34(38,6)7/h14-18,26-27,29-32,41H,11-13,19-22H2,1-10H3/t26-,27+,29+,30?,31+,32?,36+,37-,38+/m0/s1. The van der Waals surface area contributed by atoms with E-state index in [0.717, 1.165) is 29.3 Å². The number of fused-ring (bicyclic) bond motifs is 8. The second kappa shape index (κ2) is 12.0. The van der Waals surface area contributed by atoms with Crippen molar-refractivity contribution >= 4 is 20.3 Å². The molecule has 2 saturated heterocycles. The van der Waals surface area contributed by atoms with E-state index in [4.69, 9.17) is 28.1 Å². The first-order valence-electron chi connectivity index (χ1n) is 18.0. The lowest BCUT2D eigenvalue weighted by Crippen LogP contribution is -2.79. The van der Waals surface area contributed by atoms with Gasteiger partial charge in [0.05, 0.1) is 30.3 Å². The number of ether oxygens (including phenoxy) is 5. The predicted molar refractivity (Wildman–Crippen MR) is 183 cm³/mol. The molecule has 1 aromatic carbocycles. The highest BCUT2D eigenvalue weighted by Crippen LogP contribution is 2.67. The molecule has 9 atom stereocenters. The number of hydrogen-bond donors (Lipinski definition) is 1. The zero-order valence-corrected chi connectivity index (χ0v) is 31.5. The summed E-state index contributed by atoms with van der Waals surface area (Å²) in [6.45, 7) is 20.3. The van der Waals surface area contributed by atoms with Gasteiger partial charge in [-0.2, -0.15) is 0 Å². The summed E-state index contributed by atoms with van der Waals surface area (Å²) < 4.78 is 40.3. The summed E-state index contributed by atoms with van der Waals surface area (Å²) in [6.07, 6.45) is -1.50. The molecule has 4 fully saturated rings. The van der Waals surface area contributed by atoms with E-state index in [1.165, 1.54) is 6.92 Å². The van der Waals surface area contributed by atoms with Crippen LogP contribution in [-0.4, -0.2) is 79.5 Å². The summed E-state index contributed by atoms with van der Waals surface area (Å²) in [5.41, 5.74) is -2.14. The lowest BCUT2D eigenvalue weighted by atomic mass is 9.45. The monoisotopic (exact) mass is 684 g/mol. The van der Waals surface area contributed by atoms with Crippen LogP contribution < -0.4 is 0 Å². The first-order chi connectivity index (χ1) is 22.4. The van der Waals surface area contributed by atoms with Crippen LogP contribution in [-0.2, 0) is 32.9 Å². The Morgan fingerprint density at radius 1 is 1.00 bits per heavy atom. The highest BCUT2D eigenvalue weighted by atomic mass is 28.4. The molecule has 2 heterocycles. The zero-order valence-electron chi connectivity index (χ0n) is 30.5. The summed E-state index contributed by atoms with van der Waals surface area (Å²) in [4.78, 5) is 27.2. The molecule has 0 aromatic heterocycles. The van der Waals surface area contributed by atoms with Crippen LogP contribution in [0.1, 0.15) is 98.9 Å². The third-order valence-electron chi connectivity index (χ3n) is 13.1. The predicted octanol–water partition coefficient (Wildman–Crippen LogP) is 6.73. The van der Waals surface area contributed by atoms with E-state index >= 15 is 0 Å². The van der Waals surface area contributed by atoms with Crippen LogP contribution in [0.3, 0.4) is 0 Å². The highest BCUT2D eigenvalue weighted by Gasteiger charge is 2.77. The van der Waals surface area contributed by atoms with Gasteiger partial charge in [-0.3, -0.25) is 4.79 Å². The molecule has 2 saturated carbocycles. The molecule has 2 aliphatic heterocycles. The third kappa shape index (κ3) is 5.18. The van der Waals surface area contributed by atoms with E-state index in [-0.39, 0.29) is 13.0 Å². The van der Waals surface area contributed by atoms with Gasteiger partial charge >= 0.3 is 11.9 Å². The Kier molecular flexibility index (Phi) is 8.94. The number of benzene rings is 1. The highest BCUT2D eigenvalue weighted by molar-refractivity contribution is 6.73. The van der Waals surface area contributed by atoms with Gasteiger partial charge < -0.3 is 33.2 Å². The van der Waals surface area contributed by atoms with Gasteiger partial charge in [0.25, 0.3) is 0 Å². The van der Waals surface area contributed by atoms with Crippen molar-refractivity contribution in [2.45, 2.75) is 154 Å². The van der Waals surface area contributed by atoms with E-state index < -0.39 is 84.5 Å². The fourth-order valence-corrected chi connectivity index (χ4v) is 13.1. The van der Waals surface area contributed by atoms with Crippen molar-refractivity contribution in [2.75, 3.05) is 6.61 Å². The Morgan fingerprint density at radius 3 is 2.21 bits per heavy atom. The number of carbonyl (C=O) groups is 2. The summed E-state index contributed by atoms with van der Waals surface area (Å²) >= 11 is 0. The lowest BCUT2D eigenvalue weighted by molar-refractivity contribution is -0.346. The number of esters is 2. The molecule has 266 valence electrons. The molecule has 2 bridgehead atoms. The smallest absolute Gasteiger partial charge is 0.338 e. The molecule has 5 aliphatic rings. The van der Waals surface area contributed by atoms with E-state index in [1.807, 2.05) is 33.8 Å². The molecule has 10 heteroatoms. The molecule has 9 nitrogen and oxygen atoms in total. The molecular weight excluding hydrogens is 628 g/mol. The van der Waals surface area contributed by atoms with Crippen LogP contribution in [0, 0.1) is 16.7 Å². The topological polar surface area (TPSA) is 110 Å². The third-order valence-corrected chi connectivity index (χ3v) is 17.8. The van der Waals surface area contributed by atoms with Crippen LogP contribution in [0.4, 0.5) is 0 Å². The fraction of sp³-hybridized carbons (Fsp3) is 0.737. The SMILES string of the molecule is CC[Si](CC)(CC)O[C@H]1C[C@@]2(O)C(OC(=O)c3ccccc3)C3[C@@](C)(CC[C@H]4OC[C@@]34OC(C)=O)[C@@H]3OC(C)(C)O[C@@H]3C(=C1C)C2(C)C. The van der Waals surface area contributed by atoms with Gasteiger partial charge in [0.1, 0.15) is 23.9 Å². The van der Waals surface area contributed by atoms with Crippen LogP contribution in [0.15, 0.2) is 41.5 Å². The maximum Gasteiger partial charge on any atom is 0.338 e. The molecule has 48 heavy (non-hydrogen) atoms. The molecule has 0 radical (unpaired) electrons. The molecule has 6 rings (SSSR count). The average molecular weight is 685 g/mol. The summed E-state index contributed by atoms with van der Waals surface area (Å²) in [7, 11) is -2.19. The van der Waals surface area contributed by atoms with Gasteiger partial charge in [0.15, 0.2) is 19.7 Å². The minimum absolute atomic E-state index is 0.133. The van der Waals surface area contributed by atoms with E-state index in [0.29, 0.717) is 18.4 Å². The Hall–Kier alpha value is -2.08. The van der Waals surface area contributed by atoms with Gasteiger partial charge in [0, 0.05) is 24.2 Å². The zero-order chi connectivity index (χ0) is 35.1. The van der Waals surface area contributed by atoms with Crippen molar-refractivity contribution in [3.05, 3.63) is 47.0 Å². The number of hydrogen-bond acceptors (Lipinski definition) is 9. The van der Waals surface area contributed by atoms with Crippen molar-refractivity contribution in [2.24, 2.45) is 16.7 Å². The van der Waals surface area contributed by atoms with Gasteiger partial charge in [0.2, 0.25) is 0 Å². The Bertz CT molecular complexity index is 1440. The number of aliphatic hydroxyl groups is 1. The van der Waals surface area contributed by atoms with Crippen molar-refractivity contribution in [3.63, 3.8) is 0 Å². The Morgan fingerprint density at radius 2 is 1.65 bits per heavy atom. The maximum atomic E-state index is 14.2. The van der Waals surface area contributed by atoms with Crippen molar-refractivity contribution in [3.8, 4) is 0 Å². The molecule has 1 aromatic rings. The molecule has 0 amide bonds. The Labute approximate surface area is 287 Å². The quantitative estimate of drug-likeness (QED) is 0.181. The van der Waals surface area contributed by atoms with Crippen LogP contribution in [0.25, 0.3) is 0 Å². The maximum absolute atomic E-state index is 14.2. The first-order valence-corrected chi connectivity index (χ1v) is 20.5. The molecule has 3 aliphatic carbocycles. The van der Waals surface area contributed by atoms with Crippen LogP contribution >= 0.6 is 0 Å². The normalized spacial score (nSPS) is 39.6. The summed E-state index contributed by atoms with van der Waals surface area (Å²) in [5.74, 6) is -2.61. The van der Waals surface area contributed by atoms with Crippen molar-refractivity contribution in [1.82, 2.24) is 0 Å². The van der Waals surface area contributed by atoms with E-state index in [2.05, 4.69) is 34.6 Å². The van der Waals surface area contributed by atoms with Gasteiger partial charge in [-0.1, -0.05) is 59.7 Å². The molecular formula is C38H56O9Si. The number of rotatable bonds is 8. The fourth-order valence-electron chi connectivity index (χ4n) is 10.2. The van der Waals surface area contributed by atoms with Gasteiger partial charge in [-0.05, 0) is 75.0 Å². The van der Waals surface area contributed by atoms with E-state index in [9.17, 15) is 14.7 Å². The number of carbonyl (C=O) groups excluding carboxylic acids is 2.